The molecule has 0 aromatic carbocycles. The molecule has 0 aliphatic rings. The van der Waals surface area contributed by atoms with E-state index in [0.29, 0.717) is 0 Å². The van der Waals surface area contributed by atoms with E-state index in [1.165, 1.54) is 7.11 Å². The lowest BCUT2D eigenvalue weighted by atomic mass is 10.2. The molecule has 0 aliphatic heterocycles. The van der Waals surface area contributed by atoms with Gasteiger partial charge in [0.05, 0.1) is 6.10 Å². The van der Waals surface area contributed by atoms with E-state index in [2.05, 4.69) is 15.9 Å². The molecule has 0 rings (SSSR count). The van der Waals surface area contributed by atoms with E-state index < -0.39 is 4.58 Å². The van der Waals surface area contributed by atoms with Gasteiger partial charge in [-0.15, -0.1) is 0 Å². The predicted octanol–water partition coefficient (Wildman–Crippen LogP) is 1.67. The fourth-order valence-electron chi connectivity index (χ4n) is 0.515. The molecule has 10 heavy (non-hydrogen) atoms. The van der Waals surface area contributed by atoms with Crippen molar-refractivity contribution in [3.8, 4) is 0 Å². The van der Waals surface area contributed by atoms with Crippen molar-refractivity contribution in [1.82, 2.24) is 0 Å². The summed E-state index contributed by atoms with van der Waals surface area (Å²) in [5, 5.41) is 0. The second kappa shape index (κ2) is 4.03. The van der Waals surface area contributed by atoms with Crippen molar-refractivity contribution in [2.24, 2.45) is 0 Å². The molecular formula is C6H10BrFO2. The number of carbonyl (C=O) groups excluding carboxylic acids is 1. The summed E-state index contributed by atoms with van der Waals surface area (Å²) < 4.78 is 15.6. The van der Waals surface area contributed by atoms with Crippen LogP contribution < -0.4 is 0 Å². The zero-order valence-electron chi connectivity index (χ0n) is 5.93. The van der Waals surface area contributed by atoms with E-state index in [4.69, 9.17) is 4.74 Å². The number of methoxy groups -OCH3 is 1. The van der Waals surface area contributed by atoms with Crippen molar-refractivity contribution in [3.63, 3.8) is 0 Å². The van der Waals surface area contributed by atoms with Crippen molar-refractivity contribution in [3.05, 3.63) is 0 Å². The molecule has 0 aromatic heterocycles. The van der Waals surface area contributed by atoms with E-state index in [1.807, 2.05) is 0 Å². The zero-order chi connectivity index (χ0) is 8.20. The van der Waals surface area contributed by atoms with Crippen molar-refractivity contribution in [2.75, 3.05) is 7.11 Å². The molecule has 0 amide bonds. The van der Waals surface area contributed by atoms with Crippen molar-refractivity contribution in [2.45, 2.75) is 24.0 Å². The van der Waals surface area contributed by atoms with Crippen LogP contribution >= 0.6 is 15.9 Å². The highest BCUT2D eigenvalue weighted by Crippen LogP contribution is 2.23. The maximum Gasteiger partial charge on any atom is 0.222 e. The first-order valence-electron chi connectivity index (χ1n) is 2.89. The third-order valence-electron chi connectivity index (χ3n) is 1.13. The highest BCUT2D eigenvalue weighted by molar-refractivity contribution is 9.10. The molecule has 0 bridgehead atoms. The molecule has 2 nitrogen and oxygen atoms in total. The molecule has 0 N–H and O–H groups in total. The third-order valence-corrected chi connectivity index (χ3v) is 1.65. The van der Waals surface area contributed by atoms with Crippen LogP contribution in [0.5, 0.6) is 0 Å². The number of halogens is 2. The van der Waals surface area contributed by atoms with Crippen LogP contribution in [0.15, 0.2) is 0 Å². The van der Waals surface area contributed by atoms with Gasteiger partial charge >= 0.3 is 0 Å². The van der Waals surface area contributed by atoms with Crippen LogP contribution in [-0.4, -0.2) is 24.1 Å². The molecule has 0 saturated heterocycles. The average Bonchev–Trinajstić information content (AvgIpc) is 1.87. The fraction of sp³-hybridized carbons (Fsp3) is 0.833. The molecule has 0 fully saturated rings. The quantitative estimate of drug-likeness (QED) is 0.524. The Morgan fingerprint density at radius 3 is 2.70 bits per heavy atom. The molecule has 2 unspecified atom stereocenters. The number of hydrogen-bond acceptors (Lipinski definition) is 2. The Labute approximate surface area is 67.9 Å². The highest BCUT2D eigenvalue weighted by atomic mass is 79.9. The van der Waals surface area contributed by atoms with Gasteiger partial charge in [-0.25, -0.2) is 4.39 Å². The van der Waals surface area contributed by atoms with E-state index in [-0.39, 0.29) is 18.8 Å². The standard InChI is InChI=1S/C6H10BrFO2/c1-5(10-2)3-6(7,8)4-9/h4-5H,3H2,1-2H3. The summed E-state index contributed by atoms with van der Waals surface area (Å²) in [5.74, 6) is 0. The van der Waals surface area contributed by atoms with Crippen LogP contribution in [0, 0.1) is 0 Å². The molecule has 0 aromatic rings. The summed E-state index contributed by atoms with van der Waals surface area (Å²) in [6.45, 7) is 1.69. The second-order valence-corrected chi connectivity index (χ2v) is 3.45. The Bertz CT molecular complexity index is 116. The zero-order valence-corrected chi connectivity index (χ0v) is 7.52. The smallest absolute Gasteiger partial charge is 0.222 e. The van der Waals surface area contributed by atoms with Crippen LogP contribution in [0.2, 0.25) is 0 Å². The first-order chi connectivity index (χ1) is 4.52. The van der Waals surface area contributed by atoms with Gasteiger partial charge in [0.2, 0.25) is 4.58 Å². The lowest BCUT2D eigenvalue weighted by Crippen LogP contribution is -2.22. The lowest BCUT2D eigenvalue weighted by Gasteiger charge is -2.14. The summed E-state index contributed by atoms with van der Waals surface area (Å²) in [5.41, 5.74) is 0. The van der Waals surface area contributed by atoms with Crippen LogP contribution in [0.4, 0.5) is 4.39 Å². The van der Waals surface area contributed by atoms with E-state index in [0.717, 1.165) is 0 Å². The summed E-state index contributed by atoms with van der Waals surface area (Å²) in [6, 6.07) is 0. The normalized spacial score (nSPS) is 19.6. The molecule has 60 valence electrons. The van der Waals surface area contributed by atoms with Gasteiger partial charge < -0.3 is 4.74 Å². The first-order valence-corrected chi connectivity index (χ1v) is 3.68. The van der Waals surface area contributed by atoms with E-state index in [9.17, 15) is 9.18 Å². The Morgan fingerprint density at radius 1 is 1.90 bits per heavy atom. The summed E-state index contributed by atoms with van der Waals surface area (Å²) in [6.07, 6.45) is 0.00442. The van der Waals surface area contributed by atoms with Crippen molar-refractivity contribution in [1.29, 1.82) is 0 Å². The van der Waals surface area contributed by atoms with Gasteiger partial charge in [-0.2, -0.15) is 0 Å². The monoisotopic (exact) mass is 212 g/mol. The summed E-state index contributed by atoms with van der Waals surface area (Å²) in [7, 11) is 1.47. The Hall–Kier alpha value is 0.0400. The predicted molar refractivity (Wildman–Crippen MR) is 39.9 cm³/mol. The first kappa shape index (κ1) is 10.0. The maximum absolute atomic E-state index is 12.7. The van der Waals surface area contributed by atoms with E-state index >= 15 is 0 Å². The van der Waals surface area contributed by atoms with Crippen molar-refractivity contribution < 1.29 is 13.9 Å². The minimum absolute atomic E-state index is 0.0347. The molecule has 0 heterocycles. The SMILES string of the molecule is COC(C)CC(F)(Br)C=O. The maximum atomic E-state index is 12.7. The fourth-order valence-corrected chi connectivity index (χ4v) is 0.971. The topological polar surface area (TPSA) is 26.3 Å². The van der Waals surface area contributed by atoms with E-state index in [1.54, 1.807) is 6.92 Å². The Kier molecular flexibility index (Phi) is 4.05. The summed E-state index contributed by atoms with van der Waals surface area (Å²) >= 11 is 2.61. The molecule has 0 aliphatic carbocycles. The summed E-state index contributed by atoms with van der Waals surface area (Å²) in [4.78, 5) is 10.0. The van der Waals surface area contributed by atoms with Crippen LogP contribution in [0.3, 0.4) is 0 Å². The van der Waals surface area contributed by atoms with Gasteiger partial charge in [0, 0.05) is 13.5 Å². The molecular weight excluding hydrogens is 203 g/mol. The molecule has 2 atom stereocenters. The number of hydrogen-bond donors (Lipinski definition) is 0. The minimum atomic E-state index is -1.93. The van der Waals surface area contributed by atoms with Crippen LogP contribution in [-0.2, 0) is 9.53 Å². The highest BCUT2D eigenvalue weighted by Gasteiger charge is 2.27. The number of rotatable bonds is 4. The number of carbonyl (C=O) groups is 1. The van der Waals surface area contributed by atoms with Gasteiger partial charge in [-0.3, -0.25) is 4.79 Å². The molecule has 0 spiro atoms. The van der Waals surface area contributed by atoms with Gasteiger partial charge in [-0.05, 0) is 22.9 Å². The Balaban J connectivity index is 3.75. The largest absolute Gasteiger partial charge is 0.382 e. The molecule has 0 radical (unpaired) electrons. The number of alkyl halides is 2. The third kappa shape index (κ3) is 3.95. The van der Waals surface area contributed by atoms with Crippen LogP contribution in [0.25, 0.3) is 0 Å². The Morgan fingerprint density at radius 2 is 2.40 bits per heavy atom. The van der Waals surface area contributed by atoms with Gasteiger partial charge in [0.25, 0.3) is 0 Å². The molecule has 4 heteroatoms. The van der Waals surface area contributed by atoms with Gasteiger partial charge in [-0.1, -0.05) is 0 Å². The lowest BCUT2D eigenvalue weighted by molar-refractivity contribution is -0.114. The van der Waals surface area contributed by atoms with Crippen molar-refractivity contribution >= 4 is 22.2 Å². The molecule has 0 saturated carbocycles. The second-order valence-electron chi connectivity index (χ2n) is 2.13. The van der Waals surface area contributed by atoms with Gasteiger partial charge in [0.1, 0.15) is 0 Å². The van der Waals surface area contributed by atoms with Crippen LogP contribution in [0.1, 0.15) is 13.3 Å². The van der Waals surface area contributed by atoms with Gasteiger partial charge in [0.15, 0.2) is 6.29 Å². The minimum Gasteiger partial charge on any atom is -0.382 e. The average molecular weight is 213 g/mol. The number of ether oxygens (including phenoxy) is 1. The number of aldehydes is 1.